The molecule has 1 unspecified atom stereocenters. The van der Waals surface area contributed by atoms with Crippen molar-refractivity contribution < 1.29 is 23.7 Å². The summed E-state index contributed by atoms with van der Waals surface area (Å²) in [5.74, 6) is -0.667. The highest BCUT2D eigenvalue weighted by atomic mass is 16.8. The van der Waals surface area contributed by atoms with Crippen LogP contribution < -0.4 is 0 Å². The topological polar surface area (TPSA) is 54.0 Å². The number of benzene rings is 1. The molecule has 22 heavy (non-hydrogen) atoms. The van der Waals surface area contributed by atoms with Crippen LogP contribution in [0, 0.1) is 0 Å². The van der Waals surface area contributed by atoms with Gasteiger partial charge in [0.15, 0.2) is 12.1 Å². The molecule has 5 heteroatoms. The summed E-state index contributed by atoms with van der Waals surface area (Å²) < 4.78 is 23.6. The van der Waals surface area contributed by atoms with Gasteiger partial charge >= 0.3 is 0 Å². The van der Waals surface area contributed by atoms with Gasteiger partial charge in [0.1, 0.15) is 18.5 Å². The van der Waals surface area contributed by atoms with E-state index < -0.39 is 12.1 Å². The third kappa shape index (κ3) is 3.38. The van der Waals surface area contributed by atoms with Gasteiger partial charge in [0.05, 0.1) is 12.7 Å². The SMILES string of the molecule is CC1(C)O[C@H]2OC(CCC=O)[C@H](OCc3ccccc3)[C@H]2O1. The maximum atomic E-state index is 10.6. The highest BCUT2D eigenvalue weighted by molar-refractivity contribution is 5.49. The van der Waals surface area contributed by atoms with Crippen molar-refractivity contribution in [3.05, 3.63) is 35.9 Å². The smallest absolute Gasteiger partial charge is 0.190 e. The number of ether oxygens (including phenoxy) is 4. The molecule has 2 heterocycles. The normalized spacial score (nSPS) is 32.8. The Balaban J connectivity index is 1.67. The fourth-order valence-electron chi connectivity index (χ4n) is 2.98. The van der Waals surface area contributed by atoms with E-state index in [0.29, 0.717) is 19.4 Å². The Bertz CT molecular complexity index is 501. The lowest BCUT2D eigenvalue weighted by molar-refractivity contribution is -0.219. The summed E-state index contributed by atoms with van der Waals surface area (Å²) in [6.07, 6.45) is 0.869. The van der Waals surface area contributed by atoms with Gasteiger partial charge in [-0.25, -0.2) is 0 Å². The van der Waals surface area contributed by atoms with Gasteiger partial charge in [0.25, 0.3) is 0 Å². The second-order valence-corrected chi connectivity index (χ2v) is 6.15. The van der Waals surface area contributed by atoms with Crippen molar-refractivity contribution in [2.75, 3.05) is 0 Å². The van der Waals surface area contributed by atoms with Crippen LogP contribution in [0.3, 0.4) is 0 Å². The molecule has 2 saturated heterocycles. The molecule has 0 radical (unpaired) electrons. The van der Waals surface area contributed by atoms with E-state index >= 15 is 0 Å². The Morgan fingerprint density at radius 3 is 2.73 bits per heavy atom. The Morgan fingerprint density at radius 1 is 1.23 bits per heavy atom. The molecule has 2 aliphatic heterocycles. The molecule has 0 saturated carbocycles. The van der Waals surface area contributed by atoms with Gasteiger partial charge in [-0.3, -0.25) is 0 Å². The number of carbonyl (C=O) groups is 1. The zero-order valence-electron chi connectivity index (χ0n) is 12.9. The molecular weight excluding hydrogens is 284 g/mol. The maximum absolute atomic E-state index is 10.6. The van der Waals surface area contributed by atoms with Gasteiger partial charge in [0.2, 0.25) is 0 Å². The van der Waals surface area contributed by atoms with E-state index in [1.165, 1.54) is 0 Å². The summed E-state index contributed by atoms with van der Waals surface area (Å²) >= 11 is 0. The molecule has 3 rings (SSSR count). The van der Waals surface area contributed by atoms with Crippen molar-refractivity contribution in [2.24, 2.45) is 0 Å². The van der Waals surface area contributed by atoms with Crippen LogP contribution in [0.2, 0.25) is 0 Å². The highest BCUT2D eigenvalue weighted by Gasteiger charge is 2.55. The van der Waals surface area contributed by atoms with Crippen LogP contribution >= 0.6 is 0 Å². The van der Waals surface area contributed by atoms with Gasteiger partial charge in [0, 0.05) is 6.42 Å². The van der Waals surface area contributed by atoms with E-state index in [1.54, 1.807) is 0 Å². The lowest BCUT2D eigenvalue weighted by Gasteiger charge is -2.25. The van der Waals surface area contributed by atoms with Crippen molar-refractivity contribution in [1.29, 1.82) is 0 Å². The standard InChI is InChI=1S/C17H22O5/c1-17(2)21-15-14(19-11-12-7-4-3-5-8-12)13(9-6-10-18)20-16(15)22-17/h3-5,7-8,10,13-16H,6,9,11H2,1-2H3/t13?,14-,15+,16+/m0/s1. The third-order valence-electron chi connectivity index (χ3n) is 3.94. The zero-order valence-corrected chi connectivity index (χ0v) is 12.9. The van der Waals surface area contributed by atoms with Gasteiger partial charge < -0.3 is 23.7 Å². The molecule has 0 amide bonds. The Hall–Kier alpha value is -1.27. The number of fused-ring (bicyclic) bond motifs is 1. The Morgan fingerprint density at radius 2 is 2.00 bits per heavy atom. The minimum absolute atomic E-state index is 0.181. The lowest BCUT2D eigenvalue weighted by Crippen LogP contribution is -2.36. The summed E-state index contributed by atoms with van der Waals surface area (Å²) in [5.41, 5.74) is 1.10. The lowest BCUT2D eigenvalue weighted by atomic mass is 10.1. The molecule has 4 atom stereocenters. The van der Waals surface area contributed by atoms with Crippen molar-refractivity contribution in [3.8, 4) is 0 Å². The first-order valence-electron chi connectivity index (χ1n) is 7.69. The third-order valence-corrected chi connectivity index (χ3v) is 3.94. The molecule has 1 aromatic rings. The first-order chi connectivity index (χ1) is 10.6. The molecule has 120 valence electrons. The minimum Gasteiger partial charge on any atom is -0.368 e. The Labute approximate surface area is 130 Å². The van der Waals surface area contributed by atoms with Crippen molar-refractivity contribution in [1.82, 2.24) is 0 Å². The van der Waals surface area contributed by atoms with Crippen LogP contribution in [-0.4, -0.2) is 36.7 Å². The van der Waals surface area contributed by atoms with Crippen LogP contribution in [0.25, 0.3) is 0 Å². The van der Waals surface area contributed by atoms with Gasteiger partial charge in [-0.05, 0) is 25.8 Å². The molecule has 0 bridgehead atoms. The van der Waals surface area contributed by atoms with Gasteiger partial charge in [-0.15, -0.1) is 0 Å². The molecule has 5 nitrogen and oxygen atoms in total. The number of rotatable bonds is 6. The van der Waals surface area contributed by atoms with Gasteiger partial charge in [-0.2, -0.15) is 0 Å². The van der Waals surface area contributed by atoms with Crippen LogP contribution in [0.5, 0.6) is 0 Å². The maximum Gasteiger partial charge on any atom is 0.190 e. The van der Waals surface area contributed by atoms with Crippen LogP contribution in [0.1, 0.15) is 32.3 Å². The molecule has 0 spiro atoms. The second-order valence-electron chi connectivity index (χ2n) is 6.15. The molecular formula is C17H22O5. The van der Waals surface area contributed by atoms with Crippen LogP contribution in [0.15, 0.2) is 30.3 Å². The van der Waals surface area contributed by atoms with E-state index in [-0.39, 0.29) is 18.3 Å². The van der Waals surface area contributed by atoms with E-state index in [0.717, 1.165) is 11.8 Å². The summed E-state index contributed by atoms with van der Waals surface area (Å²) in [6, 6.07) is 9.97. The molecule has 1 aromatic carbocycles. The quantitative estimate of drug-likeness (QED) is 0.756. The number of hydrogen-bond donors (Lipinski definition) is 0. The predicted molar refractivity (Wildman–Crippen MR) is 79.0 cm³/mol. The van der Waals surface area contributed by atoms with E-state index in [4.69, 9.17) is 18.9 Å². The monoisotopic (exact) mass is 306 g/mol. The zero-order chi connectivity index (χ0) is 15.6. The second kappa shape index (κ2) is 6.46. The predicted octanol–water partition coefficient (Wildman–Crippen LogP) is 2.43. The van der Waals surface area contributed by atoms with Crippen molar-refractivity contribution >= 4 is 6.29 Å². The van der Waals surface area contributed by atoms with Crippen LogP contribution in [-0.2, 0) is 30.3 Å². The minimum atomic E-state index is -0.667. The average Bonchev–Trinajstić information content (AvgIpc) is 2.95. The Kier molecular flexibility index (Phi) is 4.59. The first-order valence-corrected chi connectivity index (χ1v) is 7.69. The summed E-state index contributed by atoms with van der Waals surface area (Å²) in [5, 5.41) is 0. The molecule has 2 aliphatic rings. The average molecular weight is 306 g/mol. The van der Waals surface area contributed by atoms with E-state index in [9.17, 15) is 4.79 Å². The number of carbonyl (C=O) groups excluding carboxylic acids is 1. The van der Waals surface area contributed by atoms with Gasteiger partial charge in [-0.1, -0.05) is 30.3 Å². The van der Waals surface area contributed by atoms with E-state index in [1.807, 2.05) is 44.2 Å². The largest absolute Gasteiger partial charge is 0.368 e. The highest BCUT2D eigenvalue weighted by Crippen LogP contribution is 2.40. The fraction of sp³-hybridized carbons (Fsp3) is 0.588. The number of hydrogen-bond acceptors (Lipinski definition) is 5. The van der Waals surface area contributed by atoms with Crippen molar-refractivity contribution in [2.45, 2.75) is 63.7 Å². The fourth-order valence-corrected chi connectivity index (χ4v) is 2.98. The van der Waals surface area contributed by atoms with E-state index in [2.05, 4.69) is 0 Å². The van der Waals surface area contributed by atoms with Crippen molar-refractivity contribution in [3.63, 3.8) is 0 Å². The molecule has 0 aliphatic carbocycles. The summed E-state index contributed by atoms with van der Waals surface area (Å²) in [7, 11) is 0. The summed E-state index contributed by atoms with van der Waals surface area (Å²) in [4.78, 5) is 10.6. The molecule has 0 aromatic heterocycles. The first kappa shape index (κ1) is 15.6. The molecule has 2 fully saturated rings. The van der Waals surface area contributed by atoms with Crippen LogP contribution in [0.4, 0.5) is 0 Å². The summed E-state index contributed by atoms with van der Waals surface area (Å²) in [6.45, 7) is 4.21. The number of aldehydes is 1. The molecule has 0 N–H and O–H groups in total.